The Labute approximate surface area is 150 Å². The molecular formula is C19H26N2O3S. The maximum atomic E-state index is 12.1. The molecule has 0 heterocycles. The number of rotatable bonds is 11. The van der Waals surface area contributed by atoms with Crippen molar-refractivity contribution in [3.63, 3.8) is 0 Å². The Morgan fingerprint density at radius 2 is 1.68 bits per heavy atom. The predicted octanol–water partition coefficient (Wildman–Crippen LogP) is 3.14. The normalized spacial score (nSPS) is 11.4. The van der Waals surface area contributed by atoms with Gasteiger partial charge in [0, 0.05) is 18.8 Å². The van der Waals surface area contributed by atoms with Crippen LogP contribution in [0.15, 0.2) is 54.6 Å². The Kier molecular flexibility index (Phi) is 7.91. The molecular weight excluding hydrogens is 336 g/mol. The molecule has 2 aromatic rings. The van der Waals surface area contributed by atoms with Crippen LogP contribution < -0.4 is 10.0 Å². The SMILES string of the molecule is CCNCc1ccc(NS(=O)(=O)CCCOCc2ccccc2)cc1. The third-order valence-corrected chi connectivity index (χ3v) is 4.99. The molecule has 25 heavy (non-hydrogen) atoms. The molecule has 0 saturated carbocycles. The highest BCUT2D eigenvalue weighted by Gasteiger charge is 2.10. The average Bonchev–Trinajstić information content (AvgIpc) is 2.61. The summed E-state index contributed by atoms with van der Waals surface area (Å²) in [6, 6.07) is 17.2. The monoisotopic (exact) mass is 362 g/mol. The summed E-state index contributed by atoms with van der Waals surface area (Å²) in [5.41, 5.74) is 2.80. The van der Waals surface area contributed by atoms with Gasteiger partial charge >= 0.3 is 0 Å². The first-order valence-corrected chi connectivity index (χ1v) is 10.2. The number of nitrogens with one attached hydrogen (secondary N) is 2. The Hall–Kier alpha value is -1.89. The van der Waals surface area contributed by atoms with Crippen LogP contribution >= 0.6 is 0 Å². The highest BCUT2D eigenvalue weighted by atomic mass is 32.2. The smallest absolute Gasteiger partial charge is 0.232 e. The second-order valence-corrected chi connectivity index (χ2v) is 7.63. The van der Waals surface area contributed by atoms with Crippen molar-refractivity contribution in [1.29, 1.82) is 0 Å². The summed E-state index contributed by atoms with van der Waals surface area (Å²) in [6.07, 6.45) is 0.459. The maximum Gasteiger partial charge on any atom is 0.232 e. The van der Waals surface area contributed by atoms with Gasteiger partial charge in [0.1, 0.15) is 0 Å². The molecule has 0 fully saturated rings. The van der Waals surface area contributed by atoms with Crippen LogP contribution in [0.1, 0.15) is 24.5 Å². The van der Waals surface area contributed by atoms with Gasteiger partial charge in [-0.3, -0.25) is 4.72 Å². The molecule has 2 rings (SSSR count). The van der Waals surface area contributed by atoms with Crippen LogP contribution in [0, 0.1) is 0 Å². The number of anilines is 1. The molecule has 0 saturated heterocycles. The summed E-state index contributed by atoms with van der Waals surface area (Å²) in [5, 5.41) is 3.23. The molecule has 2 aromatic carbocycles. The van der Waals surface area contributed by atoms with Crippen LogP contribution in [0.2, 0.25) is 0 Å². The highest BCUT2D eigenvalue weighted by Crippen LogP contribution is 2.12. The van der Waals surface area contributed by atoms with E-state index in [1.54, 1.807) is 12.1 Å². The molecule has 0 aliphatic rings. The van der Waals surface area contributed by atoms with Crippen LogP contribution in [0.3, 0.4) is 0 Å². The first-order chi connectivity index (χ1) is 12.1. The van der Waals surface area contributed by atoms with E-state index < -0.39 is 10.0 Å². The molecule has 0 aromatic heterocycles. The van der Waals surface area contributed by atoms with Crippen LogP contribution in [-0.4, -0.2) is 27.3 Å². The van der Waals surface area contributed by atoms with Gasteiger partial charge in [-0.1, -0.05) is 49.4 Å². The minimum absolute atomic E-state index is 0.0426. The van der Waals surface area contributed by atoms with E-state index in [1.807, 2.05) is 49.4 Å². The molecule has 0 radical (unpaired) electrons. The van der Waals surface area contributed by atoms with Gasteiger partial charge in [0.05, 0.1) is 12.4 Å². The van der Waals surface area contributed by atoms with Gasteiger partial charge in [-0.2, -0.15) is 0 Å². The minimum atomic E-state index is -3.36. The largest absolute Gasteiger partial charge is 0.377 e. The van der Waals surface area contributed by atoms with E-state index in [2.05, 4.69) is 10.0 Å². The van der Waals surface area contributed by atoms with Crippen molar-refractivity contribution in [3.05, 3.63) is 65.7 Å². The van der Waals surface area contributed by atoms with E-state index >= 15 is 0 Å². The molecule has 0 amide bonds. The van der Waals surface area contributed by atoms with Crippen molar-refractivity contribution in [1.82, 2.24) is 5.32 Å². The number of hydrogen-bond acceptors (Lipinski definition) is 4. The number of sulfonamides is 1. The van der Waals surface area contributed by atoms with Gasteiger partial charge < -0.3 is 10.1 Å². The number of hydrogen-bond donors (Lipinski definition) is 2. The quantitative estimate of drug-likeness (QED) is 0.603. The average molecular weight is 362 g/mol. The van der Waals surface area contributed by atoms with Crippen molar-refractivity contribution < 1.29 is 13.2 Å². The fourth-order valence-electron chi connectivity index (χ4n) is 2.31. The Balaban J connectivity index is 1.70. The van der Waals surface area contributed by atoms with E-state index in [0.717, 1.165) is 24.2 Å². The standard InChI is InChI=1S/C19H26N2O3S/c1-2-20-15-17-9-11-19(12-10-17)21-25(22,23)14-6-13-24-16-18-7-4-3-5-8-18/h3-5,7-12,20-21H,2,6,13-16H2,1H3. The van der Waals surface area contributed by atoms with Gasteiger partial charge in [-0.05, 0) is 36.2 Å². The highest BCUT2D eigenvalue weighted by molar-refractivity contribution is 7.92. The zero-order valence-corrected chi connectivity index (χ0v) is 15.4. The van der Waals surface area contributed by atoms with Crippen LogP contribution in [0.25, 0.3) is 0 Å². The fourth-order valence-corrected chi connectivity index (χ4v) is 3.40. The minimum Gasteiger partial charge on any atom is -0.377 e. The van der Waals surface area contributed by atoms with E-state index in [-0.39, 0.29) is 5.75 Å². The lowest BCUT2D eigenvalue weighted by Gasteiger charge is -2.09. The molecule has 5 nitrogen and oxygen atoms in total. The van der Waals surface area contributed by atoms with Crippen LogP contribution in [0.5, 0.6) is 0 Å². The van der Waals surface area contributed by atoms with Gasteiger partial charge in [-0.15, -0.1) is 0 Å². The van der Waals surface area contributed by atoms with Crippen molar-refractivity contribution >= 4 is 15.7 Å². The van der Waals surface area contributed by atoms with Gasteiger partial charge in [-0.25, -0.2) is 8.42 Å². The van der Waals surface area contributed by atoms with Crippen molar-refractivity contribution in [3.8, 4) is 0 Å². The van der Waals surface area contributed by atoms with Gasteiger partial charge in [0.2, 0.25) is 10.0 Å². The molecule has 0 atom stereocenters. The Bertz CT molecular complexity index is 716. The van der Waals surface area contributed by atoms with Crippen LogP contribution in [0.4, 0.5) is 5.69 Å². The zero-order chi connectivity index (χ0) is 18.0. The molecule has 0 spiro atoms. The fraction of sp³-hybridized carbons (Fsp3) is 0.368. The molecule has 6 heteroatoms. The Morgan fingerprint density at radius 3 is 2.36 bits per heavy atom. The van der Waals surface area contributed by atoms with Crippen molar-refractivity contribution in [2.75, 3.05) is 23.6 Å². The molecule has 0 aliphatic carbocycles. The summed E-state index contributed by atoms with van der Waals surface area (Å²) in [6.45, 7) is 4.65. The second-order valence-electron chi connectivity index (χ2n) is 5.79. The van der Waals surface area contributed by atoms with E-state index in [9.17, 15) is 8.42 Å². The van der Waals surface area contributed by atoms with E-state index in [1.165, 1.54) is 0 Å². The number of benzene rings is 2. The topological polar surface area (TPSA) is 67.4 Å². The Morgan fingerprint density at radius 1 is 0.960 bits per heavy atom. The second kappa shape index (κ2) is 10.2. The molecule has 0 unspecified atom stereocenters. The first kappa shape index (κ1) is 19.4. The molecule has 2 N–H and O–H groups in total. The lowest BCUT2D eigenvalue weighted by atomic mass is 10.2. The van der Waals surface area contributed by atoms with Crippen molar-refractivity contribution in [2.45, 2.75) is 26.5 Å². The number of ether oxygens (including phenoxy) is 1. The summed E-state index contributed by atoms with van der Waals surface area (Å²) in [7, 11) is -3.36. The van der Waals surface area contributed by atoms with Gasteiger partial charge in [0.15, 0.2) is 0 Å². The summed E-state index contributed by atoms with van der Waals surface area (Å²) >= 11 is 0. The first-order valence-electron chi connectivity index (χ1n) is 8.51. The third kappa shape index (κ3) is 7.69. The predicted molar refractivity (Wildman–Crippen MR) is 102 cm³/mol. The summed E-state index contributed by atoms with van der Waals surface area (Å²) in [5.74, 6) is 0.0426. The summed E-state index contributed by atoms with van der Waals surface area (Å²) < 4.78 is 32.3. The molecule has 0 bridgehead atoms. The summed E-state index contributed by atoms with van der Waals surface area (Å²) in [4.78, 5) is 0. The van der Waals surface area contributed by atoms with E-state index in [4.69, 9.17) is 4.74 Å². The molecule has 0 aliphatic heterocycles. The lowest BCUT2D eigenvalue weighted by molar-refractivity contribution is 0.122. The third-order valence-electron chi connectivity index (χ3n) is 3.62. The van der Waals surface area contributed by atoms with Gasteiger partial charge in [0.25, 0.3) is 0 Å². The molecule has 136 valence electrons. The maximum absolute atomic E-state index is 12.1. The van der Waals surface area contributed by atoms with E-state index in [0.29, 0.717) is 25.3 Å². The zero-order valence-electron chi connectivity index (χ0n) is 14.6. The van der Waals surface area contributed by atoms with Crippen molar-refractivity contribution in [2.24, 2.45) is 0 Å². The van der Waals surface area contributed by atoms with Crippen LogP contribution in [-0.2, 0) is 27.9 Å². The lowest BCUT2D eigenvalue weighted by Crippen LogP contribution is -2.18.